The molecule has 0 radical (unpaired) electrons. The standard InChI is InChI=1S/C17H25NO3/c1-19-15-2-4-16(5-3-15)21-17-6-9-18(10-7-17)12-14-8-11-20-13-14/h2-5,14,17H,6-13H2,1H3. The Hall–Kier alpha value is -1.26. The van der Waals surface area contributed by atoms with Gasteiger partial charge in [-0.25, -0.2) is 0 Å². The van der Waals surface area contributed by atoms with Gasteiger partial charge in [-0.15, -0.1) is 0 Å². The SMILES string of the molecule is COc1ccc(OC2CCN(CC3CCOC3)CC2)cc1. The van der Waals surface area contributed by atoms with Gasteiger partial charge in [0.2, 0.25) is 0 Å². The summed E-state index contributed by atoms with van der Waals surface area (Å²) in [5, 5.41) is 0. The van der Waals surface area contributed by atoms with Crippen LogP contribution in [0.5, 0.6) is 11.5 Å². The van der Waals surface area contributed by atoms with Gasteiger partial charge in [0.15, 0.2) is 0 Å². The molecule has 2 aliphatic heterocycles. The van der Waals surface area contributed by atoms with Gasteiger partial charge >= 0.3 is 0 Å². The fourth-order valence-corrected chi connectivity index (χ4v) is 3.15. The Labute approximate surface area is 127 Å². The molecule has 0 spiro atoms. The van der Waals surface area contributed by atoms with Crippen molar-refractivity contribution < 1.29 is 14.2 Å². The second kappa shape index (κ2) is 7.14. The Morgan fingerprint density at radius 3 is 2.43 bits per heavy atom. The molecule has 2 aliphatic rings. The van der Waals surface area contributed by atoms with Crippen LogP contribution in [0.2, 0.25) is 0 Å². The summed E-state index contributed by atoms with van der Waals surface area (Å²) in [6.45, 7) is 5.36. The highest BCUT2D eigenvalue weighted by molar-refractivity contribution is 5.31. The van der Waals surface area contributed by atoms with Gasteiger partial charge in [-0.2, -0.15) is 0 Å². The first-order valence-electron chi connectivity index (χ1n) is 7.94. The van der Waals surface area contributed by atoms with Crippen LogP contribution in [0.1, 0.15) is 19.3 Å². The number of ether oxygens (including phenoxy) is 3. The molecule has 3 rings (SSSR count). The molecule has 2 heterocycles. The summed E-state index contributed by atoms with van der Waals surface area (Å²) in [6, 6.07) is 7.87. The van der Waals surface area contributed by atoms with E-state index >= 15 is 0 Å². The van der Waals surface area contributed by atoms with E-state index in [2.05, 4.69) is 4.90 Å². The number of likely N-dealkylation sites (tertiary alicyclic amines) is 1. The maximum Gasteiger partial charge on any atom is 0.119 e. The number of hydrogen-bond acceptors (Lipinski definition) is 4. The van der Waals surface area contributed by atoms with Crippen LogP contribution in [-0.4, -0.2) is 51.0 Å². The molecule has 21 heavy (non-hydrogen) atoms. The van der Waals surface area contributed by atoms with Crippen LogP contribution in [0.15, 0.2) is 24.3 Å². The van der Waals surface area contributed by atoms with Crippen LogP contribution < -0.4 is 9.47 Å². The Morgan fingerprint density at radius 1 is 1.10 bits per heavy atom. The lowest BCUT2D eigenvalue weighted by atomic mass is 10.0. The molecular formula is C17H25NO3. The third kappa shape index (κ3) is 4.11. The molecular weight excluding hydrogens is 266 g/mol. The van der Waals surface area contributed by atoms with Gasteiger partial charge in [-0.3, -0.25) is 0 Å². The van der Waals surface area contributed by atoms with Crippen molar-refractivity contribution in [3.63, 3.8) is 0 Å². The van der Waals surface area contributed by atoms with E-state index in [1.54, 1.807) is 7.11 Å². The summed E-state index contributed by atoms with van der Waals surface area (Å²) < 4.78 is 16.7. The maximum absolute atomic E-state index is 6.07. The molecule has 0 N–H and O–H groups in total. The predicted molar refractivity (Wildman–Crippen MR) is 82.0 cm³/mol. The van der Waals surface area contributed by atoms with Crippen molar-refractivity contribution in [2.75, 3.05) is 40.0 Å². The van der Waals surface area contributed by atoms with Crippen LogP contribution in [-0.2, 0) is 4.74 Å². The monoisotopic (exact) mass is 291 g/mol. The zero-order valence-electron chi connectivity index (χ0n) is 12.8. The van der Waals surface area contributed by atoms with E-state index < -0.39 is 0 Å². The van der Waals surface area contributed by atoms with Crippen molar-refractivity contribution in [2.45, 2.75) is 25.4 Å². The zero-order valence-corrected chi connectivity index (χ0v) is 12.8. The van der Waals surface area contributed by atoms with E-state index in [-0.39, 0.29) is 0 Å². The van der Waals surface area contributed by atoms with E-state index in [1.165, 1.54) is 13.0 Å². The minimum atomic E-state index is 0.342. The summed E-state index contributed by atoms with van der Waals surface area (Å²) in [5.74, 6) is 2.55. The fourth-order valence-electron chi connectivity index (χ4n) is 3.15. The van der Waals surface area contributed by atoms with E-state index in [0.717, 1.165) is 56.6 Å². The first kappa shape index (κ1) is 14.7. The largest absolute Gasteiger partial charge is 0.497 e. The molecule has 0 saturated carbocycles. The third-order valence-electron chi connectivity index (χ3n) is 4.44. The van der Waals surface area contributed by atoms with Gasteiger partial charge in [-0.05, 0) is 49.4 Å². The molecule has 2 saturated heterocycles. The minimum Gasteiger partial charge on any atom is -0.497 e. The van der Waals surface area contributed by atoms with Gasteiger partial charge in [0.05, 0.1) is 13.7 Å². The Bertz CT molecular complexity index is 420. The number of hydrogen-bond donors (Lipinski definition) is 0. The normalized spacial score (nSPS) is 24.1. The quantitative estimate of drug-likeness (QED) is 0.834. The van der Waals surface area contributed by atoms with Gasteiger partial charge in [0.1, 0.15) is 17.6 Å². The van der Waals surface area contributed by atoms with Crippen molar-refractivity contribution in [3.8, 4) is 11.5 Å². The van der Waals surface area contributed by atoms with Crippen molar-refractivity contribution in [3.05, 3.63) is 24.3 Å². The third-order valence-corrected chi connectivity index (χ3v) is 4.44. The van der Waals surface area contributed by atoms with Crippen LogP contribution in [0.4, 0.5) is 0 Å². The second-order valence-electron chi connectivity index (χ2n) is 6.02. The zero-order chi connectivity index (χ0) is 14.5. The Balaban J connectivity index is 1.42. The average Bonchev–Trinajstić information content (AvgIpc) is 3.03. The first-order valence-corrected chi connectivity index (χ1v) is 7.94. The lowest BCUT2D eigenvalue weighted by Gasteiger charge is -2.33. The van der Waals surface area contributed by atoms with Crippen LogP contribution in [0.25, 0.3) is 0 Å². The van der Waals surface area contributed by atoms with E-state index in [4.69, 9.17) is 14.2 Å². The van der Waals surface area contributed by atoms with Gasteiger partial charge < -0.3 is 19.1 Å². The van der Waals surface area contributed by atoms with Gasteiger partial charge in [0.25, 0.3) is 0 Å². The highest BCUT2D eigenvalue weighted by atomic mass is 16.5. The minimum absolute atomic E-state index is 0.342. The van der Waals surface area contributed by atoms with Gasteiger partial charge in [0, 0.05) is 26.2 Å². The molecule has 1 aromatic carbocycles. The lowest BCUT2D eigenvalue weighted by molar-refractivity contribution is 0.0880. The van der Waals surface area contributed by atoms with Gasteiger partial charge in [-0.1, -0.05) is 0 Å². The first-order chi connectivity index (χ1) is 10.3. The highest BCUT2D eigenvalue weighted by Gasteiger charge is 2.24. The Kier molecular flexibility index (Phi) is 4.99. The van der Waals surface area contributed by atoms with Crippen LogP contribution in [0, 0.1) is 5.92 Å². The smallest absolute Gasteiger partial charge is 0.119 e. The number of rotatable bonds is 5. The topological polar surface area (TPSA) is 30.9 Å². The molecule has 0 bridgehead atoms. The predicted octanol–water partition coefficient (Wildman–Crippen LogP) is 2.57. The molecule has 116 valence electrons. The molecule has 0 aromatic heterocycles. The highest BCUT2D eigenvalue weighted by Crippen LogP contribution is 2.23. The van der Waals surface area contributed by atoms with E-state index in [9.17, 15) is 0 Å². The molecule has 1 atom stereocenters. The summed E-state index contributed by atoms with van der Waals surface area (Å²) in [4.78, 5) is 2.56. The second-order valence-corrected chi connectivity index (χ2v) is 6.02. The molecule has 1 unspecified atom stereocenters. The van der Waals surface area contributed by atoms with E-state index in [1.807, 2.05) is 24.3 Å². The summed E-state index contributed by atoms with van der Waals surface area (Å²) in [6.07, 6.45) is 3.79. The Morgan fingerprint density at radius 2 is 1.81 bits per heavy atom. The molecule has 4 nitrogen and oxygen atoms in total. The lowest BCUT2D eigenvalue weighted by Crippen LogP contribution is -2.40. The van der Waals surface area contributed by atoms with Crippen molar-refractivity contribution in [1.82, 2.24) is 4.90 Å². The molecule has 4 heteroatoms. The average molecular weight is 291 g/mol. The number of nitrogens with zero attached hydrogens (tertiary/aromatic N) is 1. The summed E-state index contributed by atoms with van der Waals surface area (Å²) in [7, 11) is 1.68. The van der Waals surface area contributed by atoms with Crippen molar-refractivity contribution >= 4 is 0 Å². The molecule has 1 aromatic rings. The molecule has 0 amide bonds. The fraction of sp³-hybridized carbons (Fsp3) is 0.647. The summed E-state index contributed by atoms with van der Waals surface area (Å²) >= 11 is 0. The molecule has 2 fully saturated rings. The van der Waals surface area contributed by atoms with Crippen molar-refractivity contribution in [2.24, 2.45) is 5.92 Å². The van der Waals surface area contributed by atoms with Crippen LogP contribution in [0.3, 0.4) is 0 Å². The number of piperidine rings is 1. The number of methoxy groups -OCH3 is 1. The van der Waals surface area contributed by atoms with Crippen molar-refractivity contribution in [1.29, 1.82) is 0 Å². The van der Waals surface area contributed by atoms with Crippen LogP contribution >= 0.6 is 0 Å². The summed E-state index contributed by atoms with van der Waals surface area (Å²) in [5.41, 5.74) is 0. The molecule has 0 aliphatic carbocycles. The number of benzene rings is 1. The maximum atomic E-state index is 6.07. The van der Waals surface area contributed by atoms with E-state index in [0.29, 0.717) is 6.10 Å².